The first-order valence-electron chi connectivity index (χ1n) is 7.83. The number of halogens is 3. The molecule has 2 aromatic rings. The van der Waals surface area contributed by atoms with Gasteiger partial charge in [0.2, 0.25) is 0 Å². The summed E-state index contributed by atoms with van der Waals surface area (Å²) < 4.78 is 38.8. The fourth-order valence-electron chi connectivity index (χ4n) is 3.26. The molecule has 0 spiro atoms. The molecule has 1 aliphatic rings. The Bertz CT molecular complexity index is 717. The molecule has 0 amide bonds. The molecule has 1 saturated heterocycles. The molecule has 0 saturated carbocycles. The number of aryl methyl sites for hydroxylation is 1. The lowest BCUT2D eigenvalue weighted by Gasteiger charge is -2.25. The molecule has 1 N–H and O–H groups in total. The van der Waals surface area contributed by atoms with E-state index in [-0.39, 0.29) is 6.04 Å². The van der Waals surface area contributed by atoms with Crippen LogP contribution in [0.5, 0.6) is 0 Å². The molecule has 0 aliphatic carbocycles. The van der Waals surface area contributed by atoms with Crippen molar-refractivity contribution in [3.63, 3.8) is 0 Å². The number of hydrogen-bond acceptors (Lipinski definition) is 3. The number of nitrogens with zero attached hydrogens (tertiary/aromatic N) is 2. The predicted molar refractivity (Wildman–Crippen MR) is 84.2 cm³/mol. The Morgan fingerprint density at radius 3 is 2.75 bits per heavy atom. The standard InChI is InChI=1S/C18H19F3N2O/c1-12-5-13(9-22-8-12)10-23-11-16(24)7-17(23)14-3-2-4-15(6-14)18(19,20)21/h2-6,8-9,16-17,24H,7,10-11H2,1H3/t16-,17+/m1/s1. The molecule has 1 fully saturated rings. The van der Waals surface area contributed by atoms with Crippen molar-refractivity contribution in [3.8, 4) is 0 Å². The average molecular weight is 336 g/mol. The number of alkyl halides is 3. The van der Waals surface area contributed by atoms with Gasteiger partial charge in [-0.25, -0.2) is 0 Å². The number of aromatic nitrogens is 1. The second kappa shape index (κ2) is 6.53. The van der Waals surface area contributed by atoms with Crippen LogP contribution >= 0.6 is 0 Å². The summed E-state index contributed by atoms with van der Waals surface area (Å²) in [6, 6.07) is 7.14. The summed E-state index contributed by atoms with van der Waals surface area (Å²) in [7, 11) is 0. The minimum absolute atomic E-state index is 0.234. The number of β-amino-alcohol motifs (C(OH)–C–C–N with tert-alkyl or cyclic N) is 1. The molecule has 0 radical (unpaired) electrons. The molecule has 128 valence electrons. The zero-order valence-electron chi connectivity index (χ0n) is 13.3. The van der Waals surface area contributed by atoms with Gasteiger partial charge in [0.1, 0.15) is 0 Å². The Labute approximate surface area is 138 Å². The lowest BCUT2D eigenvalue weighted by molar-refractivity contribution is -0.137. The third kappa shape index (κ3) is 3.76. The van der Waals surface area contributed by atoms with E-state index in [4.69, 9.17) is 0 Å². The number of pyridine rings is 1. The highest BCUT2D eigenvalue weighted by Crippen LogP contribution is 2.36. The van der Waals surface area contributed by atoms with Gasteiger partial charge in [-0.05, 0) is 42.2 Å². The summed E-state index contributed by atoms with van der Waals surface area (Å²) in [5.41, 5.74) is 1.95. The number of likely N-dealkylation sites (tertiary alicyclic amines) is 1. The predicted octanol–water partition coefficient (Wildman–Crippen LogP) is 3.72. The number of rotatable bonds is 3. The Balaban J connectivity index is 1.85. The third-order valence-electron chi connectivity index (χ3n) is 4.30. The molecule has 6 heteroatoms. The zero-order valence-corrected chi connectivity index (χ0v) is 13.3. The summed E-state index contributed by atoms with van der Waals surface area (Å²) in [6.07, 6.45) is -0.964. The van der Waals surface area contributed by atoms with Crippen molar-refractivity contribution in [2.75, 3.05) is 6.54 Å². The summed E-state index contributed by atoms with van der Waals surface area (Å²) in [6.45, 7) is 2.93. The van der Waals surface area contributed by atoms with Crippen LogP contribution in [0.1, 0.15) is 34.7 Å². The maximum atomic E-state index is 12.9. The van der Waals surface area contributed by atoms with Crippen LogP contribution in [0.4, 0.5) is 13.2 Å². The van der Waals surface area contributed by atoms with E-state index in [9.17, 15) is 18.3 Å². The van der Waals surface area contributed by atoms with Crippen molar-refractivity contribution in [2.45, 2.75) is 38.2 Å². The third-order valence-corrected chi connectivity index (χ3v) is 4.30. The minimum atomic E-state index is -4.36. The van der Waals surface area contributed by atoms with Crippen molar-refractivity contribution in [1.29, 1.82) is 0 Å². The van der Waals surface area contributed by atoms with Crippen LogP contribution in [0.15, 0.2) is 42.7 Å². The van der Waals surface area contributed by atoms with E-state index >= 15 is 0 Å². The molecule has 24 heavy (non-hydrogen) atoms. The highest BCUT2D eigenvalue weighted by atomic mass is 19.4. The van der Waals surface area contributed by atoms with Gasteiger partial charge in [-0.3, -0.25) is 9.88 Å². The van der Waals surface area contributed by atoms with E-state index in [1.807, 2.05) is 17.9 Å². The Kier molecular flexibility index (Phi) is 4.60. The second-order valence-electron chi connectivity index (χ2n) is 6.33. The fourth-order valence-corrected chi connectivity index (χ4v) is 3.26. The maximum absolute atomic E-state index is 12.9. The average Bonchev–Trinajstić information content (AvgIpc) is 2.87. The van der Waals surface area contributed by atoms with E-state index in [1.165, 1.54) is 12.1 Å². The maximum Gasteiger partial charge on any atom is 0.416 e. The van der Waals surface area contributed by atoms with Crippen LogP contribution in [0.25, 0.3) is 0 Å². The molecule has 1 aromatic heterocycles. The van der Waals surface area contributed by atoms with Gasteiger partial charge >= 0.3 is 6.18 Å². The van der Waals surface area contributed by atoms with Gasteiger partial charge in [0.15, 0.2) is 0 Å². The highest BCUT2D eigenvalue weighted by molar-refractivity contribution is 5.29. The molecule has 0 unspecified atom stereocenters. The molecule has 2 atom stereocenters. The molecule has 0 bridgehead atoms. The molecule has 1 aliphatic heterocycles. The molecule has 3 nitrogen and oxygen atoms in total. The number of aliphatic hydroxyl groups is 1. The van der Waals surface area contributed by atoms with Gasteiger partial charge in [0.25, 0.3) is 0 Å². The lowest BCUT2D eigenvalue weighted by Crippen LogP contribution is -2.24. The smallest absolute Gasteiger partial charge is 0.392 e. The topological polar surface area (TPSA) is 36.4 Å². The summed E-state index contributed by atoms with van der Waals surface area (Å²) in [5, 5.41) is 10.0. The van der Waals surface area contributed by atoms with Crippen LogP contribution in [0.3, 0.4) is 0 Å². The van der Waals surface area contributed by atoms with Crippen molar-refractivity contribution < 1.29 is 18.3 Å². The van der Waals surface area contributed by atoms with Crippen molar-refractivity contribution in [2.24, 2.45) is 0 Å². The zero-order chi connectivity index (χ0) is 17.3. The van der Waals surface area contributed by atoms with Crippen LogP contribution in [0.2, 0.25) is 0 Å². The van der Waals surface area contributed by atoms with Crippen LogP contribution in [-0.4, -0.2) is 27.6 Å². The van der Waals surface area contributed by atoms with Gasteiger partial charge < -0.3 is 5.11 Å². The van der Waals surface area contributed by atoms with Crippen molar-refractivity contribution in [1.82, 2.24) is 9.88 Å². The summed E-state index contributed by atoms with van der Waals surface area (Å²) in [5.74, 6) is 0. The fraction of sp³-hybridized carbons (Fsp3) is 0.389. The number of benzene rings is 1. The number of aliphatic hydroxyl groups excluding tert-OH is 1. The monoisotopic (exact) mass is 336 g/mol. The first-order chi connectivity index (χ1) is 11.3. The largest absolute Gasteiger partial charge is 0.416 e. The highest BCUT2D eigenvalue weighted by Gasteiger charge is 2.35. The van der Waals surface area contributed by atoms with E-state index < -0.39 is 17.8 Å². The van der Waals surface area contributed by atoms with Crippen molar-refractivity contribution >= 4 is 0 Å². The van der Waals surface area contributed by atoms with Gasteiger partial charge in [-0.1, -0.05) is 18.2 Å². The quantitative estimate of drug-likeness (QED) is 0.928. The van der Waals surface area contributed by atoms with Crippen molar-refractivity contribution in [3.05, 3.63) is 65.0 Å². The first-order valence-corrected chi connectivity index (χ1v) is 7.83. The van der Waals surface area contributed by atoms with Gasteiger partial charge in [-0.2, -0.15) is 13.2 Å². The van der Waals surface area contributed by atoms with Crippen LogP contribution in [0, 0.1) is 6.92 Å². The molecule has 2 heterocycles. The second-order valence-corrected chi connectivity index (χ2v) is 6.33. The van der Waals surface area contributed by atoms with E-state index in [2.05, 4.69) is 4.98 Å². The van der Waals surface area contributed by atoms with Gasteiger partial charge in [0, 0.05) is 31.5 Å². The normalized spacial score (nSPS) is 22.0. The minimum Gasteiger partial charge on any atom is -0.392 e. The molecule has 1 aromatic carbocycles. The Hall–Kier alpha value is -1.92. The van der Waals surface area contributed by atoms with E-state index in [1.54, 1.807) is 18.5 Å². The van der Waals surface area contributed by atoms with Crippen LogP contribution < -0.4 is 0 Å². The summed E-state index contributed by atoms with van der Waals surface area (Å²) in [4.78, 5) is 6.16. The molecular weight excluding hydrogens is 317 g/mol. The lowest BCUT2D eigenvalue weighted by atomic mass is 10.0. The summed E-state index contributed by atoms with van der Waals surface area (Å²) >= 11 is 0. The SMILES string of the molecule is Cc1cncc(CN2C[C@H](O)C[C@H]2c2cccc(C(F)(F)F)c2)c1. The van der Waals surface area contributed by atoms with E-state index in [0.717, 1.165) is 17.2 Å². The number of hydrogen-bond donors (Lipinski definition) is 1. The Morgan fingerprint density at radius 1 is 1.25 bits per heavy atom. The molecular formula is C18H19F3N2O. The Morgan fingerprint density at radius 2 is 2.04 bits per heavy atom. The van der Waals surface area contributed by atoms with Crippen LogP contribution in [-0.2, 0) is 12.7 Å². The molecule has 3 rings (SSSR count). The van der Waals surface area contributed by atoms with E-state index in [0.29, 0.717) is 25.1 Å². The van der Waals surface area contributed by atoms with Gasteiger partial charge in [-0.15, -0.1) is 0 Å². The first kappa shape index (κ1) is 16.9. The van der Waals surface area contributed by atoms with Gasteiger partial charge in [0.05, 0.1) is 11.7 Å².